The number of nitrogens with one attached hydrogen (secondary N) is 1. The molecule has 2 unspecified atom stereocenters. The second-order valence-corrected chi connectivity index (χ2v) is 12.0. The standard InChI is InChI=1S/C33H30FN3O5S/c1-3-33(41)21-12-25-29-19(14-37(25)31(43)20(21)15-42-32(33)40)28-23(36-30(39)26(38)11-17-7-5-4-6-8-17)10-9-18-16(2)22(34)13-24(35-29)27(18)28/h4-8,12-13,23,26,38,41H,3,9-11,14-15H2,1-2H3,(H,36,39)/t23?,26?,33-/m0/s1. The van der Waals surface area contributed by atoms with Gasteiger partial charge < -0.3 is 24.8 Å². The molecule has 4 heterocycles. The number of carbonyl (C=O) groups is 2. The number of hydrogen-bond donors (Lipinski definition) is 3. The monoisotopic (exact) mass is 599 g/mol. The van der Waals surface area contributed by atoms with E-state index in [0.717, 1.165) is 27.6 Å². The number of aliphatic hydroxyl groups is 2. The maximum absolute atomic E-state index is 15.2. The molecule has 0 fully saturated rings. The fourth-order valence-corrected chi connectivity index (χ4v) is 7.23. The van der Waals surface area contributed by atoms with Gasteiger partial charge in [0.2, 0.25) is 5.91 Å². The summed E-state index contributed by atoms with van der Waals surface area (Å²) in [6, 6.07) is 12.0. The number of carbonyl (C=O) groups excluding carboxylic acids is 2. The second kappa shape index (κ2) is 10.0. The molecule has 1 aliphatic carbocycles. The zero-order valence-corrected chi connectivity index (χ0v) is 24.6. The highest BCUT2D eigenvalue weighted by molar-refractivity contribution is 7.71. The first-order valence-corrected chi connectivity index (χ1v) is 14.9. The molecule has 0 spiro atoms. The minimum absolute atomic E-state index is 0.0409. The molecule has 8 nitrogen and oxygen atoms in total. The van der Waals surface area contributed by atoms with Gasteiger partial charge in [0.05, 0.1) is 29.5 Å². The van der Waals surface area contributed by atoms with Crippen molar-refractivity contribution in [1.82, 2.24) is 14.9 Å². The highest BCUT2D eigenvalue weighted by Crippen LogP contribution is 2.47. The van der Waals surface area contributed by atoms with Crippen molar-refractivity contribution in [2.75, 3.05) is 0 Å². The van der Waals surface area contributed by atoms with Crippen molar-refractivity contribution in [3.63, 3.8) is 0 Å². The van der Waals surface area contributed by atoms with E-state index in [9.17, 15) is 19.8 Å². The number of cyclic esters (lactones) is 1. The number of hydrogen-bond acceptors (Lipinski definition) is 7. The van der Waals surface area contributed by atoms with Gasteiger partial charge in [0.1, 0.15) is 23.2 Å². The second-order valence-electron chi connectivity index (χ2n) is 11.6. The lowest BCUT2D eigenvalue weighted by Crippen LogP contribution is -2.41. The number of rotatable bonds is 5. The molecule has 0 saturated heterocycles. The van der Waals surface area contributed by atoms with Crippen LogP contribution >= 0.6 is 12.2 Å². The molecule has 4 aromatic rings. The Balaban J connectivity index is 1.38. The van der Waals surface area contributed by atoms with E-state index in [4.69, 9.17) is 21.9 Å². The fourth-order valence-electron chi connectivity index (χ4n) is 6.90. The lowest BCUT2D eigenvalue weighted by Gasteiger charge is -2.32. The molecular formula is C33H30FN3O5S. The molecule has 3 aliphatic rings. The number of fused-ring (bicyclic) bond motifs is 5. The summed E-state index contributed by atoms with van der Waals surface area (Å²) in [6.07, 6.45) is 0.0936. The van der Waals surface area contributed by atoms with Gasteiger partial charge in [-0.05, 0) is 54.5 Å². The minimum Gasteiger partial charge on any atom is -0.458 e. The zero-order valence-electron chi connectivity index (χ0n) is 23.7. The lowest BCUT2D eigenvalue weighted by molar-refractivity contribution is -0.172. The van der Waals surface area contributed by atoms with Crippen molar-refractivity contribution in [1.29, 1.82) is 0 Å². The number of aromatic nitrogens is 2. The summed E-state index contributed by atoms with van der Waals surface area (Å²) in [4.78, 5) is 30.9. The molecule has 3 atom stereocenters. The number of nitrogens with zero attached hydrogens (tertiary/aromatic N) is 2. The summed E-state index contributed by atoms with van der Waals surface area (Å²) in [6.45, 7) is 3.77. The van der Waals surface area contributed by atoms with Crippen LogP contribution in [0.15, 0.2) is 42.5 Å². The van der Waals surface area contributed by atoms with Gasteiger partial charge in [0, 0.05) is 34.6 Å². The number of halogens is 1. The maximum atomic E-state index is 15.2. The number of benzene rings is 2. The number of aryl methyl sites for hydroxylation is 1. The number of ether oxygens (including phenoxy) is 1. The Kier molecular flexibility index (Phi) is 6.50. The predicted molar refractivity (Wildman–Crippen MR) is 159 cm³/mol. The first-order chi connectivity index (χ1) is 20.6. The van der Waals surface area contributed by atoms with Gasteiger partial charge >= 0.3 is 5.97 Å². The summed E-state index contributed by atoms with van der Waals surface area (Å²) in [5.74, 6) is -1.56. The highest BCUT2D eigenvalue weighted by Gasteiger charge is 2.45. The molecule has 2 aliphatic heterocycles. The SMILES string of the molecule is CC[C@@]1(O)C(=O)OCc2c1cc1n(c2=S)Cc2c-1nc1cc(F)c(C)c3c1c2C(NC(=O)C(O)Cc1ccccc1)CC3. The first-order valence-electron chi connectivity index (χ1n) is 14.5. The van der Waals surface area contributed by atoms with Crippen molar-refractivity contribution in [3.8, 4) is 11.4 Å². The van der Waals surface area contributed by atoms with E-state index < -0.39 is 29.6 Å². The third kappa shape index (κ3) is 4.15. The molecule has 2 aromatic heterocycles. The summed E-state index contributed by atoms with van der Waals surface area (Å²) in [5.41, 5.74) is 4.69. The molecule has 1 amide bonds. The van der Waals surface area contributed by atoms with E-state index in [0.29, 0.717) is 57.6 Å². The van der Waals surface area contributed by atoms with Crippen LogP contribution in [0.4, 0.5) is 4.39 Å². The van der Waals surface area contributed by atoms with Crippen LogP contribution in [-0.4, -0.2) is 37.7 Å². The van der Waals surface area contributed by atoms with Gasteiger partial charge in [-0.2, -0.15) is 0 Å². The molecule has 0 saturated carbocycles. The van der Waals surface area contributed by atoms with E-state index in [1.165, 1.54) is 6.07 Å². The molecule has 0 bridgehead atoms. The Hall–Kier alpha value is -3.99. The Morgan fingerprint density at radius 1 is 1.26 bits per heavy atom. The Labute approximate surface area is 252 Å². The van der Waals surface area contributed by atoms with E-state index in [-0.39, 0.29) is 25.3 Å². The molecule has 2 aromatic carbocycles. The molecule has 0 radical (unpaired) electrons. The van der Waals surface area contributed by atoms with Gasteiger partial charge in [0.15, 0.2) is 5.60 Å². The summed E-state index contributed by atoms with van der Waals surface area (Å²) < 4.78 is 22.8. The Bertz CT molecular complexity index is 1920. The van der Waals surface area contributed by atoms with Crippen LogP contribution in [0.3, 0.4) is 0 Å². The van der Waals surface area contributed by atoms with Crippen LogP contribution in [0.1, 0.15) is 64.8 Å². The van der Waals surface area contributed by atoms with Crippen molar-refractivity contribution in [2.24, 2.45) is 0 Å². The largest absolute Gasteiger partial charge is 0.458 e. The van der Waals surface area contributed by atoms with E-state index in [1.54, 1.807) is 19.9 Å². The van der Waals surface area contributed by atoms with E-state index in [2.05, 4.69) is 5.32 Å². The van der Waals surface area contributed by atoms with Gasteiger partial charge in [-0.3, -0.25) is 4.79 Å². The van der Waals surface area contributed by atoms with Gasteiger partial charge in [-0.25, -0.2) is 14.2 Å². The summed E-state index contributed by atoms with van der Waals surface area (Å²) in [7, 11) is 0. The van der Waals surface area contributed by atoms with Crippen molar-refractivity contribution < 1.29 is 28.9 Å². The minimum atomic E-state index is -1.84. The maximum Gasteiger partial charge on any atom is 0.343 e. The topological polar surface area (TPSA) is 114 Å². The average molecular weight is 600 g/mol. The summed E-state index contributed by atoms with van der Waals surface area (Å²) >= 11 is 5.88. The van der Waals surface area contributed by atoms with Gasteiger partial charge in [-0.1, -0.05) is 49.5 Å². The molecule has 43 heavy (non-hydrogen) atoms. The van der Waals surface area contributed by atoms with Crippen molar-refractivity contribution >= 4 is 35.0 Å². The third-order valence-corrected chi connectivity index (χ3v) is 9.74. The first kappa shape index (κ1) is 27.8. The smallest absolute Gasteiger partial charge is 0.343 e. The van der Waals surface area contributed by atoms with Gasteiger partial charge in [-0.15, -0.1) is 0 Å². The van der Waals surface area contributed by atoms with Crippen LogP contribution < -0.4 is 5.32 Å². The quantitative estimate of drug-likeness (QED) is 0.200. The zero-order chi connectivity index (χ0) is 30.2. The fraction of sp³-hybridized carbons (Fsp3) is 0.333. The van der Waals surface area contributed by atoms with E-state index >= 15 is 4.39 Å². The number of amides is 1. The Morgan fingerprint density at radius 3 is 2.77 bits per heavy atom. The molecule has 3 N–H and O–H groups in total. The highest BCUT2D eigenvalue weighted by atomic mass is 32.1. The normalized spacial score (nSPS) is 20.7. The molecular weight excluding hydrogens is 569 g/mol. The number of pyridine rings is 2. The van der Waals surface area contributed by atoms with Crippen molar-refractivity contribution in [3.05, 3.63) is 91.9 Å². The van der Waals surface area contributed by atoms with Crippen LogP contribution in [0.25, 0.3) is 22.3 Å². The van der Waals surface area contributed by atoms with Gasteiger partial charge in [0.25, 0.3) is 0 Å². The third-order valence-electron chi connectivity index (χ3n) is 9.27. The molecule has 7 rings (SSSR count). The van der Waals surface area contributed by atoms with Crippen molar-refractivity contribution in [2.45, 2.75) is 70.4 Å². The lowest BCUT2D eigenvalue weighted by atomic mass is 9.81. The van der Waals surface area contributed by atoms with Crippen LogP contribution in [0.5, 0.6) is 0 Å². The van der Waals surface area contributed by atoms with Crippen LogP contribution in [0, 0.1) is 17.4 Å². The summed E-state index contributed by atoms with van der Waals surface area (Å²) in [5, 5.41) is 26.0. The number of aliphatic hydroxyl groups excluding tert-OH is 1. The Morgan fingerprint density at radius 2 is 2.02 bits per heavy atom. The van der Waals surface area contributed by atoms with Crippen LogP contribution in [0.2, 0.25) is 0 Å². The number of esters is 1. The predicted octanol–water partition coefficient (Wildman–Crippen LogP) is 4.60. The molecule has 10 heteroatoms. The van der Waals surface area contributed by atoms with Crippen LogP contribution in [-0.2, 0) is 45.9 Å². The molecule has 220 valence electrons. The van der Waals surface area contributed by atoms with E-state index in [1.807, 2.05) is 34.9 Å². The average Bonchev–Trinajstić information content (AvgIpc) is 3.37.